The summed E-state index contributed by atoms with van der Waals surface area (Å²) < 4.78 is 5.37. The largest absolute Gasteiger partial charge is 0.402 e. The van der Waals surface area contributed by atoms with Crippen molar-refractivity contribution in [2.75, 3.05) is 18.5 Å². The van der Waals surface area contributed by atoms with Crippen molar-refractivity contribution in [2.24, 2.45) is 4.99 Å². The van der Waals surface area contributed by atoms with E-state index in [-0.39, 0.29) is 11.1 Å². The van der Waals surface area contributed by atoms with Gasteiger partial charge in [0.2, 0.25) is 5.90 Å². The van der Waals surface area contributed by atoms with Crippen molar-refractivity contribution in [3.8, 4) is 6.07 Å². The summed E-state index contributed by atoms with van der Waals surface area (Å²) in [5.41, 5.74) is 4.21. The number of carbonyl (C=O) groups excluding carboxylic acids is 1. The van der Waals surface area contributed by atoms with E-state index < -0.39 is 5.97 Å². The Morgan fingerprint density at radius 2 is 1.76 bits per heavy atom. The molecule has 0 saturated carbocycles. The minimum atomic E-state index is -0.449. The van der Waals surface area contributed by atoms with Gasteiger partial charge in [-0.3, -0.25) is 0 Å². The maximum absolute atomic E-state index is 12.2. The Kier molecular flexibility index (Phi) is 5.84. The first kappa shape index (κ1) is 20.3. The third kappa shape index (κ3) is 4.91. The summed E-state index contributed by atoms with van der Waals surface area (Å²) in [5.74, 6) is -0.121. The first-order valence-electron chi connectivity index (χ1n) is 9.59. The molecule has 3 rings (SSSR count). The van der Waals surface area contributed by atoms with Gasteiger partial charge in [0, 0.05) is 24.8 Å². The fraction of sp³-hybridized carbons (Fsp3) is 0.292. The third-order valence-electron chi connectivity index (χ3n) is 4.81. The number of aliphatic imine (C=N–C) groups is 1. The number of carbonyl (C=O) groups is 1. The lowest BCUT2D eigenvalue weighted by Crippen LogP contribution is -2.17. The van der Waals surface area contributed by atoms with E-state index in [1.807, 2.05) is 60.5 Å². The van der Waals surface area contributed by atoms with Crippen LogP contribution in [0, 0.1) is 11.3 Å². The Morgan fingerprint density at radius 3 is 2.34 bits per heavy atom. The summed E-state index contributed by atoms with van der Waals surface area (Å²) in [6.07, 6.45) is 2.19. The molecular weight excluding hydrogens is 362 g/mol. The van der Waals surface area contributed by atoms with E-state index in [2.05, 4.69) is 31.8 Å². The highest BCUT2D eigenvalue weighted by Gasteiger charge is 2.24. The monoisotopic (exact) mass is 387 g/mol. The van der Waals surface area contributed by atoms with Gasteiger partial charge in [-0.25, -0.2) is 9.79 Å². The summed E-state index contributed by atoms with van der Waals surface area (Å²) in [6.45, 7) is 7.14. The van der Waals surface area contributed by atoms with Crippen LogP contribution in [0.15, 0.2) is 59.2 Å². The van der Waals surface area contributed by atoms with Crippen molar-refractivity contribution in [3.05, 3.63) is 70.9 Å². The Bertz CT molecular complexity index is 988. The topological polar surface area (TPSA) is 65.7 Å². The molecule has 0 fully saturated rings. The molecule has 5 nitrogen and oxygen atoms in total. The van der Waals surface area contributed by atoms with Gasteiger partial charge < -0.3 is 9.64 Å². The minimum absolute atomic E-state index is 0.0621. The Morgan fingerprint density at radius 1 is 1.10 bits per heavy atom. The number of nitriles is 1. The molecule has 0 spiro atoms. The highest BCUT2D eigenvalue weighted by atomic mass is 16.6. The Balaban J connectivity index is 1.77. The summed E-state index contributed by atoms with van der Waals surface area (Å²) in [6, 6.07) is 17.8. The molecule has 5 heteroatoms. The molecule has 29 heavy (non-hydrogen) atoms. The molecule has 0 saturated heterocycles. The molecule has 0 amide bonds. The van der Waals surface area contributed by atoms with E-state index in [0.29, 0.717) is 18.9 Å². The fourth-order valence-electron chi connectivity index (χ4n) is 2.98. The summed E-state index contributed by atoms with van der Waals surface area (Å²) in [7, 11) is 1.95. The van der Waals surface area contributed by atoms with Crippen molar-refractivity contribution in [1.82, 2.24) is 0 Å². The molecule has 0 bridgehead atoms. The van der Waals surface area contributed by atoms with Crippen LogP contribution >= 0.6 is 0 Å². The molecule has 1 heterocycles. The zero-order valence-corrected chi connectivity index (χ0v) is 17.3. The summed E-state index contributed by atoms with van der Waals surface area (Å²) in [5, 5.41) is 8.70. The fourth-order valence-corrected chi connectivity index (χ4v) is 2.98. The number of cyclic esters (lactones) is 1. The lowest BCUT2D eigenvalue weighted by atomic mass is 9.87. The number of benzene rings is 2. The van der Waals surface area contributed by atoms with E-state index >= 15 is 0 Å². The molecule has 2 aromatic rings. The highest BCUT2D eigenvalue weighted by Crippen LogP contribution is 2.25. The molecule has 0 atom stereocenters. The Labute approximate surface area is 171 Å². The van der Waals surface area contributed by atoms with Gasteiger partial charge >= 0.3 is 5.97 Å². The minimum Gasteiger partial charge on any atom is -0.402 e. The molecule has 1 aliphatic rings. The third-order valence-corrected chi connectivity index (χ3v) is 4.81. The zero-order chi connectivity index (χ0) is 21.0. The average molecular weight is 387 g/mol. The van der Waals surface area contributed by atoms with Gasteiger partial charge in [0.05, 0.1) is 12.5 Å². The van der Waals surface area contributed by atoms with Crippen molar-refractivity contribution in [2.45, 2.75) is 32.6 Å². The van der Waals surface area contributed by atoms with Crippen LogP contribution in [0.1, 0.15) is 43.9 Å². The number of rotatable bonds is 5. The maximum Gasteiger partial charge on any atom is 0.363 e. The molecule has 0 radical (unpaired) electrons. The van der Waals surface area contributed by atoms with E-state index in [1.165, 1.54) is 5.56 Å². The van der Waals surface area contributed by atoms with Gasteiger partial charge in [-0.05, 0) is 46.9 Å². The van der Waals surface area contributed by atoms with Crippen molar-refractivity contribution in [1.29, 1.82) is 5.26 Å². The number of nitrogens with zero attached hydrogens (tertiary/aromatic N) is 3. The lowest BCUT2D eigenvalue weighted by Gasteiger charge is -2.18. The van der Waals surface area contributed by atoms with Gasteiger partial charge in [-0.2, -0.15) is 5.26 Å². The smallest absolute Gasteiger partial charge is 0.363 e. The summed E-state index contributed by atoms with van der Waals surface area (Å²) in [4.78, 5) is 18.6. The standard InChI is InChI=1S/C24H25N3O2/c1-24(2,3)19-10-8-18(9-11-19)22-26-21(23(28)29-22)16-17-6-12-20(13-7-17)27(4)15-5-14-25/h6-13,16H,5,15H2,1-4H3/b21-16-. The normalized spacial score (nSPS) is 15.1. The maximum atomic E-state index is 12.2. The first-order valence-corrected chi connectivity index (χ1v) is 9.59. The predicted molar refractivity (Wildman–Crippen MR) is 116 cm³/mol. The van der Waals surface area contributed by atoms with Crippen LogP contribution < -0.4 is 4.90 Å². The van der Waals surface area contributed by atoms with E-state index in [1.54, 1.807) is 6.08 Å². The number of hydrogen-bond acceptors (Lipinski definition) is 5. The van der Waals surface area contributed by atoms with Gasteiger partial charge in [0.25, 0.3) is 0 Å². The van der Waals surface area contributed by atoms with Crippen LogP contribution in [-0.4, -0.2) is 25.5 Å². The molecule has 0 unspecified atom stereocenters. The second-order valence-electron chi connectivity index (χ2n) is 8.08. The molecule has 0 aliphatic carbocycles. The van der Waals surface area contributed by atoms with Crippen LogP contribution in [-0.2, 0) is 14.9 Å². The van der Waals surface area contributed by atoms with E-state index in [4.69, 9.17) is 10.00 Å². The van der Waals surface area contributed by atoms with Crippen LogP contribution in [0.25, 0.3) is 6.08 Å². The number of anilines is 1. The molecule has 0 N–H and O–H groups in total. The molecule has 148 valence electrons. The predicted octanol–water partition coefficient (Wildman–Crippen LogP) is 4.68. The number of hydrogen-bond donors (Lipinski definition) is 0. The second kappa shape index (κ2) is 8.32. The van der Waals surface area contributed by atoms with Gasteiger partial charge in [0.1, 0.15) is 0 Å². The zero-order valence-electron chi connectivity index (χ0n) is 17.3. The quantitative estimate of drug-likeness (QED) is 0.552. The van der Waals surface area contributed by atoms with Gasteiger partial charge in [0.15, 0.2) is 5.70 Å². The van der Waals surface area contributed by atoms with Crippen molar-refractivity contribution in [3.63, 3.8) is 0 Å². The van der Waals surface area contributed by atoms with Gasteiger partial charge in [-0.15, -0.1) is 0 Å². The van der Waals surface area contributed by atoms with Gasteiger partial charge in [-0.1, -0.05) is 45.0 Å². The average Bonchev–Trinajstić information content (AvgIpc) is 3.06. The van der Waals surface area contributed by atoms with Crippen LogP contribution in [0.2, 0.25) is 0 Å². The van der Waals surface area contributed by atoms with E-state index in [0.717, 1.165) is 16.8 Å². The highest BCUT2D eigenvalue weighted by molar-refractivity contribution is 6.12. The number of ether oxygens (including phenoxy) is 1. The van der Waals surface area contributed by atoms with Crippen LogP contribution in [0.4, 0.5) is 5.69 Å². The second-order valence-corrected chi connectivity index (χ2v) is 8.08. The number of esters is 1. The van der Waals surface area contributed by atoms with E-state index in [9.17, 15) is 4.79 Å². The lowest BCUT2D eigenvalue weighted by molar-refractivity contribution is -0.129. The molecular formula is C24H25N3O2. The SMILES string of the molecule is CN(CCC#N)c1ccc(/C=C2\N=C(c3ccc(C(C)(C)C)cc3)OC2=O)cc1. The van der Waals surface area contributed by atoms with Crippen molar-refractivity contribution >= 4 is 23.6 Å². The molecule has 1 aliphatic heterocycles. The van der Waals surface area contributed by atoms with Crippen LogP contribution in [0.5, 0.6) is 0 Å². The molecule has 0 aromatic heterocycles. The van der Waals surface area contributed by atoms with Crippen molar-refractivity contribution < 1.29 is 9.53 Å². The van der Waals surface area contributed by atoms with Crippen LogP contribution in [0.3, 0.4) is 0 Å². The molecule has 2 aromatic carbocycles. The first-order chi connectivity index (χ1) is 13.8. The Hall–Kier alpha value is -3.39. The summed E-state index contributed by atoms with van der Waals surface area (Å²) >= 11 is 0.